The van der Waals surface area contributed by atoms with Gasteiger partial charge in [0.05, 0.1) is 26.4 Å². The molecule has 0 aliphatic carbocycles. The molecule has 1 saturated heterocycles. The van der Waals surface area contributed by atoms with Crippen molar-refractivity contribution < 1.29 is 24.1 Å². The fourth-order valence-corrected chi connectivity index (χ4v) is 3.94. The van der Waals surface area contributed by atoms with Gasteiger partial charge in [-0.1, -0.05) is 91.0 Å². The Morgan fingerprint density at radius 3 is 1.72 bits per heavy atom. The predicted octanol–water partition coefficient (Wildman–Crippen LogP) is 4.48. The van der Waals surface area contributed by atoms with Crippen LogP contribution in [0.4, 0.5) is 0 Å². The Morgan fingerprint density at radius 1 is 0.719 bits per heavy atom. The van der Waals surface area contributed by atoms with E-state index in [4.69, 9.17) is 18.9 Å². The quantitative estimate of drug-likeness (QED) is 0.510. The molecule has 5 nitrogen and oxygen atoms in total. The Bertz CT molecular complexity index is 934. The minimum atomic E-state index is -1.11. The fourth-order valence-electron chi connectivity index (χ4n) is 3.94. The third-order valence-corrected chi connectivity index (χ3v) is 5.63. The van der Waals surface area contributed by atoms with Crippen LogP contribution in [0.25, 0.3) is 0 Å². The molecule has 0 saturated carbocycles. The summed E-state index contributed by atoms with van der Waals surface area (Å²) < 4.78 is 24.3. The first-order chi connectivity index (χ1) is 15.6. The average molecular weight is 435 g/mol. The van der Waals surface area contributed by atoms with Crippen LogP contribution >= 0.6 is 0 Å². The molecule has 0 bridgehead atoms. The minimum Gasteiger partial charge on any atom is -0.374 e. The van der Waals surface area contributed by atoms with Gasteiger partial charge in [-0.05, 0) is 23.6 Å². The molecule has 0 aromatic heterocycles. The molecule has 1 unspecified atom stereocenters. The molecule has 32 heavy (non-hydrogen) atoms. The monoisotopic (exact) mass is 434 g/mol. The molecule has 1 heterocycles. The smallest absolute Gasteiger partial charge is 0.184 e. The van der Waals surface area contributed by atoms with Crippen molar-refractivity contribution in [2.24, 2.45) is 0 Å². The second-order valence-corrected chi connectivity index (χ2v) is 8.28. The first kappa shape index (κ1) is 22.6. The molecule has 0 radical (unpaired) electrons. The summed E-state index contributed by atoms with van der Waals surface area (Å²) >= 11 is 0. The molecular weight excluding hydrogens is 404 g/mol. The highest BCUT2D eigenvalue weighted by molar-refractivity contribution is 5.15. The van der Waals surface area contributed by atoms with Crippen molar-refractivity contribution in [1.29, 1.82) is 0 Å². The van der Waals surface area contributed by atoms with Crippen molar-refractivity contribution in [1.82, 2.24) is 0 Å². The molecule has 3 aromatic carbocycles. The van der Waals surface area contributed by atoms with Crippen LogP contribution in [-0.2, 0) is 38.8 Å². The van der Waals surface area contributed by atoms with Gasteiger partial charge in [0.1, 0.15) is 17.8 Å². The van der Waals surface area contributed by atoms with Crippen LogP contribution in [0.1, 0.15) is 23.6 Å². The van der Waals surface area contributed by atoms with Crippen LogP contribution in [0, 0.1) is 0 Å². The van der Waals surface area contributed by atoms with E-state index in [-0.39, 0.29) is 6.61 Å². The standard InChI is InChI=1S/C27H30O5/c1-27(20-29-17-21-11-5-2-6-12-21)25(31-19-23-15-9-4-10-16-23)24(26(28)32-27)30-18-22-13-7-3-8-14-22/h2-16,24-26,28H,17-20H2,1H3/t24-,25+,26?,27+/m0/s1. The zero-order valence-electron chi connectivity index (χ0n) is 18.3. The highest BCUT2D eigenvalue weighted by atomic mass is 16.7. The summed E-state index contributed by atoms with van der Waals surface area (Å²) in [6.45, 7) is 3.38. The largest absolute Gasteiger partial charge is 0.374 e. The molecule has 4 rings (SSSR count). The second-order valence-electron chi connectivity index (χ2n) is 8.28. The summed E-state index contributed by atoms with van der Waals surface area (Å²) in [5, 5.41) is 10.7. The molecular formula is C27H30O5. The lowest BCUT2D eigenvalue weighted by Crippen LogP contribution is -2.47. The third-order valence-electron chi connectivity index (χ3n) is 5.63. The number of aliphatic hydroxyl groups excluding tert-OH is 1. The van der Waals surface area contributed by atoms with E-state index in [1.807, 2.05) is 97.9 Å². The van der Waals surface area contributed by atoms with Crippen LogP contribution in [0.2, 0.25) is 0 Å². The summed E-state index contributed by atoms with van der Waals surface area (Å²) in [6.07, 6.45) is -2.24. The van der Waals surface area contributed by atoms with Gasteiger partial charge in [-0.3, -0.25) is 0 Å². The highest BCUT2D eigenvalue weighted by Gasteiger charge is 2.54. The van der Waals surface area contributed by atoms with E-state index in [0.717, 1.165) is 16.7 Å². The third kappa shape index (κ3) is 5.82. The maximum absolute atomic E-state index is 10.7. The molecule has 1 fully saturated rings. The first-order valence-corrected chi connectivity index (χ1v) is 10.9. The Kier molecular flexibility index (Phi) is 7.68. The summed E-state index contributed by atoms with van der Waals surface area (Å²) in [6, 6.07) is 29.8. The Hall–Kier alpha value is -2.54. The molecule has 1 aliphatic heterocycles. The minimum absolute atomic E-state index is 0.267. The fraction of sp³-hybridized carbons (Fsp3) is 0.333. The van der Waals surface area contributed by atoms with Crippen molar-refractivity contribution in [3.05, 3.63) is 108 Å². The molecule has 168 valence electrons. The first-order valence-electron chi connectivity index (χ1n) is 10.9. The zero-order chi connectivity index (χ0) is 22.2. The van der Waals surface area contributed by atoms with E-state index in [9.17, 15) is 5.11 Å². The van der Waals surface area contributed by atoms with E-state index in [1.165, 1.54) is 0 Å². The van der Waals surface area contributed by atoms with Crippen LogP contribution in [0.15, 0.2) is 91.0 Å². The topological polar surface area (TPSA) is 57.2 Å². The number of hydrogen-bond acceptors (Lipinski definition) is 5. The van der Waals surface area contributed by atoms with Gasteiger partial charge >= 0.3 is 0 Å². The summed E-state index contributed by atoms with van der Waals surface area (Å²) in [4.78, 5) is 0. The van der Waals surface area contributed by atoms with Gasteiger partial charge in [-0.25, -0.2) is 0 Å². The average Bonchev–Trinajstić information content (AvgIpc) is 3.07. The van der Waals surface area contributed by atoms with Crippen LogP contribution in [0.5, 0.6) is 0 Å². The normalized spacial score (nSPS) is 25.1. The number of benzene rings is 3. The van der Waals surface area contributed by atoms with Gasteiger partial charge in [0.2, 0.25) is 0 Å². The van der Waals surface area contributed by atoms with E-state index in [1.54, 1.807) is 0 Å². The van der Waals surface area contributed by atoms with Gasteiger partial charge < -0.3 is 24.1 Å². The van der Waals surface area contributed by atoms with E-state index >= 15 is 0 Å². The van der Waals surface area contributed by atoms with E-state index < -0.39 is 24.1 Å². The SMILES string of the molecule is C[C@]1(COCc2ccccc2)OC(O)[C@@H](OCc2ccccc2)[C@H]1OCc1ccccc1. The van der Waals surface area contributed by atoms with Crippen LogP contribution in [-0.4, -0.2) is 35.8 Å². The molecule has 5 heteroatoms. The van der Waals surface area contributed by atoms with Gasteiger partial charge in [0, 0.05) is 0 Å². The van der Waals surface area contributed by atoms with Crippen molar-refractivity contribution in [2.45, 2.75) is 50.8 Å². The lowest BCUT2D eigenvalue weighted by atomic mass is 9.98. The number of ether oxygens (including phenoxy) is 4. The van der Waals surface area contributed by atoms with Gasteiger partial charge in [0.25, 0.3) is 0 Å². The maximum Gasteiger partial charge on any atom is 0.184 e. The summed E-state index contributed by atoms with van der Waals surface area (Å²) in [5.74, 6) is 0. The molecule has 4 atom stereocenters. The number of hydrogen-bond donors (Lipinski definition) is 1. The zero-order valence-corrected chi connectivity index (χ0v) is 18.3. The van der Waals surface area contributed by atoms with E-state index in [0.29, 0.717) is 19.8 Å². The molecule has 1 N–H and O–H groups in total. The lowest BCUT2D eigenvalue weighted by Gasteiger charge is -2.31. The van der Waals surface area contributed by atoms with Crippen molar-refractivity contribution in [2.75, 3.05) is 6.61 Å². The maximum atomic E-state index is 10.7. The van der Waals surface area contributed by atoms with Crippen LogP contribution in [0.3, 0.4) is 0 Å². The molecule has 0 spiro atoms. The van der Waals surface area contributed by atoms with Crippen molar-refractivity contribution >= 4 is 0 Å². The van der Waals surface area contributed by atoms with Gasteiger partial charge in [-0.2, -0.15) is 0 Å². The van der Waals surface area contributed by atoms with Gasteiger partial charge in [0.15, 0.2) is 6.29 Å². The number of aliphatic hydroxyl groups is 1. The van der Waals surface area contributed by atoms with Crippen molar-refractivity contribution in [3.63, 3.8) is 0 Å². The van der Waals surface area contributed by atoms with E-state index in [2.05, 4.69) is 0 Å². The molecule has 3 aromatic rings. The molecule has 0 amide bonds. The Balaban J connectivity index is 1.45. The number of rotatable bonds is 10. The lowest BCUT2D eigenvalue weighted by molar-refractivity contribution is -0.181. The Labute approximate surface area is 189 Å². The van der Waals surface area contributed by atoms with Gasteiger partial charge in [-0.15, -0.1) is 0 Å². The van der Waals surface area contributed by atoms with Crippen molar-refractivity contribution in [3.8, 4) is 0 Å². The summed E-state index contributed by atoms with van der Waals surface area (Å²) in [5.41, 5.74) is 2.29. The highest BCUT2D eigenvalue weighted by Crippen LogP contribution is 2.36. The molecule has 1 aliphatic rings. The Morgan fingerprint density at radius 2 is 1.19 bits per heavy atom. The van der Waals surface area contributed by atoms with Crippen LogP contribution < -0.4 is 0 Å². The predicted molar refractivity (Wildman–Crippen MR) is 122 cm³/mol. The second kappa shape index (κ2) is 10.9. The summed E-state index contributed by atoms with van der Waals surface area (Å²) in [7, 11) is 0.